The van der Waals surface area contributed by atoms with Crippen LogP contribution in [0.5, 0.6) is 0 Å². The van der Waals surface area contributed by atoms with Crippen LogP contribution in [0.2, 0.25) is 0 Å². The van der Waals surface area contributed by atoms with Gasteiger partial charge in [0, 0.05) is 49.1 Å². The Labute approximate surface area is 325 Å². The molecule has 4 aromatic heterocycles. The van der Waals surface area contributed by atoms with Gasteiger partial charge in [0.05, 0.1) is 16.6 Å². The molecule has 0 aliphatic carbocycles. The first kappa shape index (κ1) is 31.5. The molecule has 57 heavy (non-hydrogen) atoms. The molecule has 0 aliphatic heterocycles. The first-order valence-corrected chi connectivity index (χ1v) is 19.0. The van der Waals surface area contributed by atoms with Crippen LogP contribution < -0.4 is 0 Å². The van der Waals surface area contributed by atoms with Crippen LogP contribution in [0.25, 0.3) is 117 Å². The van der Waals surface area contributed by atoms with Gasteiger partial charge in [-0.3, -0.25) is 0 Å². The van der Waals surface area contributed by atoms with Crippen LogP contribution >= 0.6 is 0 Å². The smallest absolute Gasteiger partial charge is 0.167 e. The van der Waals surface area contributed by atoms with Gasteiger partial charge in [-0.2, -0.15) is 0 Å². The van der Waals surface area contributed by atoms with Crippen LogP contribution in [0, 0.1) is 0 Å². The molecule has 4 heterocycles. The number of fused-ring (bicyclic) bond motifs is 9. The average molecular weight is 731 g/mol. The Morgan fingerprint density at radius 1 is 0.333 bits per heavy atom. The van der Waals surface area contributed by atoms with Gasteiger partial charge >= 0.3 is 0 Å². The zero-order valence-corrected chi connectivity index (χ0v) is 30.4. The lowest BCUT2D eigenvalue weighted by atomic mass is 10.0. The van der Waals surface area contributed by atoms with E-state index < -0.39 is 0 Å². The van der Waals surface area contributed by atoms with Crippen LogP contribution in [0.1, 0.15) is 0 Å². The van der Waals surface area contributed by atoms with E-state index >= 15 is 0 Å². The summed E-state index contributed by atoms with van der Waals surface area (Å²) in [5, 5.41) is 6.62. The molecule has 0 fully saturated rings. The Morgan fingerprint density at radius 2 is 0.895 bits per heavy atom. The van der Waals surface area contributed by atoms with Crippen LogP contribution in [0.15, 0.2) is 191 Å². The molecule has 8 aromatic carbocycles. The van der Waals surface area contributed by atoms with Gasteiger partial charge in [0.2, 0.25) is 0 Å². The molecule has 0 amide bonds. The summed E-state index contributed by atoms with van der Waals surface area (Å²) >= 11 is 0. The number of hydrogen-bond donors (Lipinski definition) is 0. The second-order valence-corrected chi connectivity index (χ2v) is 14.4. The highest BCUT2D eigenvalue weighted by atomic mass is 16.3. The minimum atomic E-state index is 0.543. The Morgan fingerprint density at radius 3 is 1.70 bits per heavy atom. The zero-order valence-electron chi connectivity index (χ0n) is 30.4. The summed E-state index contributed by atoms with van der Waals surface area (Å²) in [6, 6.07) is 62.8. The minimum Gasteiger partial charge on any atom is -0.456 e. The Kier molecular flexibility index (Phi) is 6.83. The Bertz CT molecular complexity index is 3530. The van der Waals surface area contributed by atoms with E-state index in [2.05, 4.69) is 120 Å². The second-order valence-electron chi connectivity index (χ2n) is 14.4. The highest BCUT2D eigenvalue weighted by Crippen LogP contribution is 2.39. The van der Waals surface area contributed by atoms with Crippen molar-refractivity contribution in [3.63, 3.8) is 0 Å². The third-order valence-electron chi connectivity index (χ3n) is 11.1. The van der Waals surface area contributed by atoms with E-state index in [1.807, 2.05) is 66.7 Å². The summed E-state index contributed by atoms with van der Waals surface area (Å²) < 4.78 is 15.4. The summed E-state index contributed by atoms with van der Waals surface area (Å²) in [5.74, 6) is 1.68. The standard InChI is InChI=1S/C51H30N4O2/c1-3-12-31(13-4-1)49-52-50(54-51(53-49)42-19-11-18-41-38-17-8-10-21-45(38)57-48(41)42)34-24-27-40-39-26-23-33(29-46(39)56-47(40)30-34)32-22-25-37-36-16-7-9-20-43(36)55(44(37)28-32)35-14-5-2-6-15-35/h1-30H. The fourth-order valence-electron chi connectivity index (χ4n) is 8.37. The Hall–Kier alpha value is -7.83. The van der Waals surface area contributed by atoms with E-state index in [-0.39, 0.29) is 0 Å². The molecule has 0 saturated carbocycles. The lowest BCUT2D eigenvalue weighted by Crippen LogP contribution is -2.00. The molecule has 6 heteroatoms. The van der Waals surface area contributed by atoms with Gasteiger partial charge in [-0.25, -0.2) is 15.0 Å². The summed E-state index contributed by atoms with van der Waals surface area (Å²) in [7, 11) is 0. The van der Waals surface area contributed by atoms with Gasteiger partial charge in [0.1, 0.15) is 22.3 Å². The van der Waals surface area contributed by atoms with Crippen molar-refractivity contribution >= 4 is 65.7 Å². The number of nitrogens with zero attached hydrogens (tertiary/aromatic N) is 4. The van der Waals surface area contributed by atoms with Gasteiger partial charge in [-0.15, -0.1) is 0 Å². The van der Waals surface area contributed by atoms with E-state index in [9.17, 15) is 0 Å². The van der Waals surface area contributed by atoms with Crippen LogP contribution in [0.4, 0.5) is 0 Å². The number of aromatic nitrogens is 4. The van der Waals surface area contributed by atoms with Crippen LogP contribution in [-0.4, -0.2) is 19.5 Å². The predicted molar refractivity (Wildman–Crippen MR) is 230 cm³/mol. The van der Waals surface area contributed by atoms with E-state index in [4.69, 9.17) is 23.8 Å². The van der Waals surface area contributed by atoms with Crippen molar-refractivity contribution in [1.82, 2.24) is 19.5 Å². The van der Waals surface area contributed by atoms with Gasteiger partial charge in [-0.05, 0) is 71.8 Å². The summed E-state index contributed by atoms with van der Waals surface area (Å²) in [6.45, 7) is 0. The van der Waals surface area contributed by atoms with Gasteiger partial charge in [0.15, 0.2) is 17.5 Å². The van der Waals surface area contributed by atoms with E-state index in [1.54, 1.807) is 0 Å². The van der Waals surface area contributed by atoms with Gasteiger partial charge < -0.3 is 13.4 Å². The molecule has 12 rings (SSSR count). The number of hydrogen-bond acceptors (Lipinski definition) is 5. The number of para-hydroxylation sites is 4. The third-order valence-corrected chi connectivity index (χ3v) is 11.1. The van der Waals surface area contributed by atoms with Crippen molar-refractivity contribution in [2.24, 2.45) is 0 Å². The largest absolute Gasteiger partial charge is 0.456 e. The topological polar surface area (TPSA) is 69.9 Å². The number of rotatable bonds is 5. The average Bonchev–Trinajstić information content (AvgIpc) is 3.95. The quantitative estimate of drug-likeness (QED) is 0.176. The zero-order chi connectivity index (χ0) is 37.5. The first-order chi connectivity index (χ1) is 28.2. The highest BCUT2D eigenvalue weighted by Gasteiger charge is 2.19. The van der Waals surface area contributed by atoms with Crippen LogP contribution in [-0.2, 0) is 0 Å². The highest BCUT2D eigenvalue weighted by molar-refractivity contribution is 6.11. The lowest BCUT2D eigenvalue weighted by molar-refractivity contribution is 0.668. The van der Waals surface area contributed by atoms with Crippen molar-refractivity contribution in [2.75, 3.05) is 0 Å². The third kappa shape index (κ3) is 5.01. The maximum Gasteiger partial charge on any atom is 0.167 e. The van der Waals surface area contributed by atoms with Crippen molar-refractivity contribution in [1.29, 1.82) is 0 Å². The molecule has 6 nitrogen and oxygen atoms in total. The lowest BCUT2D eigenvalue weighted by Gasteiger charge is -2.09. The molecule has 12 aromatic rings. The minimum absolute atomic E-state index is 0.543. The molecule has 266 valence electrons. The number of furan rings is 2. The molecule has 0 N–H and O–H groups in total. The monoisotopic (exact) mass is 730 g/mol. The molecular weight excluding hydrogens is 701 g/mol. The molecule has 0 saturated heterocycles. The van der Waals surface area contributed by atoms with Crippen molar-refractivity contribution in [3.8, 4) is 51.0 Å². The maximum absolute atomic E-state index is 6.64. The normalized spacial score (nSPS) is 11.9. The molecule has 0 spiro atoms. The fourth-order valence-corrected chi connectivity index (χ4v) is 8.37. The molecule has 0 atom stereocenters. The summed E-state index contributed by atoms with van der Waals surface area (Å²) in [5.41, 5.74) is 11.4. The fraction of sp³-hybridized carbons (Fsp3) is 0. The van der Waals surface area contributed by atoms with Crippen molar-refractivity contribution in [2.45, 2.75) is 0 Å². The molecule has 0 aliphatic rings. The second kappa shape index (κ2) is 12.3. The molecule has 0 bridgehead atoms. The summed E-state index contributed by atoms with van der Waals surface area (Å²) in [4.78, 5) is 15.1. The first-order valence-electron chi connectivity index (χ1n) is 19.0. The molecular formula is C51H30N4O2. The molecule has 0 unspecified atom stereocenters. The molecule has 0 radical (unpaired) electrons. The maximum atomic E-state index is 6.64. The number of benzene rings is 8. The van der Waals surface area contributed by atoms with E-state index in [0.29, 0.717) is 17.5 Å². The van der Waals surface area contributed by atoms with Crippen molar-refractivity contribution in [3.05, 3.63) is 182 Å². The van der Waals surface area contributed by atoms with Gasteiger partial charge in [0.25, 0.3) is 0 Å². The van der Waals surface area contributed by atoms with E-state index in [0.717, 1.165) is 82.9 Å². The SMILES string of the molecule is c1ccc(-c2nc(-c3ccc4c(c3)oc3cc(-c5ccc6c7ccccc7n(-c7ccccc7)c6c5)ccc34)nc(-c3cccc4c3oc3ccccc34)n2)cc1. The van der Waals surface area contributed by atoms with Gasteiger partial charge in [-0.1, -0.05) is 121 Å². The van der Waals surface area contributed by atoms with Crippen LogP contribution in [0.3, 0.4) is 0 Å². The van der Waals surface area contributed by atoms with Crippen molar-refractivity contribution < 1.29 is 8.83 Å². The summed E-state index contributed by atoms with van der Waals surface area (Å²) in [6.07, 6.45) is 0. The Balaban J connectivity index is 0.981. The van der Waals surface area contributed by atoms with E-state index in [1.165, 1.54) is 16.3 Å². The predicted octanol–water partition coefficient (Wildman–Crippen LogP) is 13.4.